The Morgan fingerprint density at radius 3 is 2.50 bits per heavy atom. The van der Waals surface area contributed by atoms with Crippen LogP contribution in [0.15, 0.2) is 0 Å². The number of carbonyl (C=O) groups is 2. The number of nitrogens with two attached hydrogens (primary N) is 1. The maximum absolute atomic E-state index is 10.7. The van der Waals surface area contributed by atoms with E-state index >= 15 is 0 Å². The van der Waals surface area contributed by atoms with Crippen molar-refractivity contribution >= 4 is 11.9 Å². The topological polar surface area (TPSA) is 122 Å². The molecule has 0 radical (unpaired) electrons. The van der Waals surface area contributed by atoms with Gasteiger partial charge in [-0.1, -0.05) is 0 Å². The molecule has 8 nitrogen and oxygen atoms in total. The quantitative estimate of drug-likeness (QED) is 0.365. The predicted molar refractivity (Wildman–Crippen MR) is 62.0 cm³/mol. The predicted octanol–water partition coefficient (Wildman–Crippen LogP) is -2.12. The van der Waals surface area contributed by atoms with Gasteiger partial charge in [-0.05, 0) is 0 Å². The second kappa shape index (κ2) is 9.77. The number of aliphatic carboxylic acids is 1. The molecule has 0 aromatic heterocycles. The lowest BCUT2D eigenvalue weighted by Gasteiger charge is -2.21. The van der Waals surface area contributed by atoms with Crippen LogP contribution < -0.4 is 5.73 Å². The number of carbonyl (C=O) groups excluding carboxylic acids is 1. The van der Waals surface area contributed by atoms with Gasteiger partial charge in [0.1, 0.15) is 0 Å². The molecule has 0 aliphatic carbocycles. The van der Waals surface area contributed by atoms with E-state index in [9.17, 15) is 14.7 Å². The van der Waals surface area contributed by atoms with E-state index in [2.05, 4.69) is 0 Å². The van der Waals surface area contributed by atoms with Gasteiger partial charge in [-0.2, -0.15) is 0 Å². The normalized spacial score (nSPS) is 12.6. The average Bonchev–Trinajstić information content (AvgIpc) is 2.22. The minimum absolute atomic E-state index is 0.00220. The van der Waals surface area contributed by atoms with Crippen molar-refractivity contribution in [2.75, 3.05) is 46.6 Å². The molecule has 0 aliphatic heterocycles. The second-order valence-corrected chi connectivity index (χ2v) is 3.75. The Kier molecular flexibility index (Phi) is 9.11. The van der Waals surface area contributed by atoms with E-state index in [0.717, 1.165) is 0 Å². The molecule has 18 heavy (non-hydrogen) atoms. The third-order valence-corrected chi connectivity index (χ3v) is 1.95. The molecule has 0 aromatic rings. The fraction of sp³-hybridized carbons (Fsp3) is 0.800. The zero-order chi connectivity index (χ0) is 14.0. The number of carboxylic acid groups (broad SMARTS) is 1. The van der Waals surface area contributed by atoms with Crippen molar-refractivity contribution < 1.29 is 29.3 Å². The van der Waals surface area contributed by atoms with Crippen molar-refractivity contribution in [2.24, 2.45) is 5.73 Å². The Labute approximate surface area is 105 Å². The van der Waals surface area contributed by atoms with Crippen LogP contribution in [0.3, 0.4) is 0 Å². The third-order valence-electron chi connectivity index (χ3n) is 1.95. The number of methoxy groups -OCH3 is 1. The number of hydrogen-bond donors (Lipinski definition) is 3. The molecule has 1 unspecified atom stereocenters. The molecule has 0 aromatic carbocycles. The van der Waals surface area contributed by atoms with Gasteiger partial charge < -0.3 is 25.4 Å². The van der Waals surface area contributed by atoms with E-state index in [4.69, 9.17) is 20.3 Å². The number of primary amides is 1. The molecule has 0 bridgehead atoms. The lowest BCUT2D eigenvalue weighted by molar-refractivity contribution is -0.139. The zero-order valence-electron chi connectivity index (χ0n) is 10.4. The van der Waals surface area contributed by atoms with Gasteiger partial charge in [0.2, 0.25) is 5.91 Å². The van der Waals surface area contributed by atoms with Gasteiger partial charge in [0, 0.05) is 13.7 Å². The van der Waals surface area contributed by atoms with Gasteiger partial charge >= 0.3 is 5.97 Å². The highest BCUT2D eigenvalue weighted by Gasteiger charge is 2.16. The van der Waals surface area contributed by atoms with E-state index in [-0.39, 0.29) is 26.2 Å². The number of aliphatic hydroxyl groups excluding tert-OH is 1. The lowest BCUT2D eigenvalue weighted by Crippen LogP contribution is -2.42. The summed E-state index contributed by atoms with van der Waals surface area (Å²) in [6.07, 6.45) is -0.888. The summed E-state index contributed by atoms with van der Waals surface area (Å²) in [6, 6.07) is 0. The molecule has 0 fully saturated rings. The fourth-order valence-corrected chi connectivity index (χ4v) is 1.31. The van der Waals surface area contributed by atoms with Crippen LogP contribution in [0.1, 0.15) is 0 Å². The van der Waals surface area contributed by atoms with Crippen LogP contribution >= 0.6 is 0 Å². The van der Waals surface area contributed by atoms with Gasteiger partial charge in [0.05, 0.1) is 39.0 Å². The number of rotatable bonds is 11. The van der Waals surface area contributed by atoms with Crippen LogP contribution in [0, 0.1) is 0 Å². The van der Waals surface area contributed by atoms with E-state index in [1.807, 2.05) is 0 Å². The summed E-state index contributed by atoms with van der Waals surface area (Å²) in [4.78, 5) is 22.5. The number of aliphatic hydroxyl groups is 1. The minimum atomic E-state index is -1.09. The van der Waals surface area contributed by atoms with Crippen molar-refractivity contribution in [1.82, 2.24) is 4.90 Å². The molecule has 0 aliphatic rings. The van der Waals surface area contributed by atoms with Crippen molar-refractivity contribution in [3.8, 4) is 0 Å². The Morgan fingerprint density at radius 1 is 1.33 bits per heavy atom. The third kappa shape index (κ3) is 9.97. The number of hydrogen-bond acceptors (Lipinski definition) is 6. The lowest BCUT2D eigenvalue weighted by atomic mass is 10.3. The molecule has 0 saturated carbocycles. The summed E-state index contributed by atoms with van der Waals surface area (Å²) in [5.41, 5.74) is 4.98. The first-order valence-electron chi connectivity index (χ1n) is 5.43. The SMILES string of the molecule is COCCOCC(O)CN(CC(N)=O)CC(=O)O. The highest BCUT2D eigenvalue weighted by molar-refractivity contribution is 5.77. The minimum Gasteiger partial charge on any atom is -0.480 e. The first kappa shape index (κ1) is 16.8. The summed E-state index contributed by atoms with van der Waals surface area (Å²) >= 11 is 0. The van der Waals surface area contributed by atoms with Gasteiger partial charge in [-0.15, -0.1) is 0 Å². The molecular formula is C10H20N2O6. The standard InChI is InChI=1S/C10H20N2O6/c1-17-2-3-18-7-8(13)4-12(5-9(11)14)6-10(15)16/h8,13H,2-7H2,1H3,(H2,11,14)(H,15,16). The van der Waals surface area contributed by atoms with Crippen molar-refractivity contribution in [3.63, 3.8) is 0 Å². The molecule has 1 amide bonds. The first-order valence-corrected chi connectivity index (χ1v) is 5.43. The smallest absolute Gasteiger partial charge is 0.317 e. The van der Waals surface area contributed by atoms with Gasteiger partial charge in [-0.25, -0.2) is 0 Å². The van der Waals surface area contributed by atoms with Gasteiger partial charge in [-0.3, -0.25) is 14.5 Å². The highest BCUT2D eigenvalue weighted by Crippen LogP contribution is 1.94. The maximum Gasteiger partial charge on any atom is 0.317 e. The van der Waals surface area contributed by atoms with Crippen LogP contribution in [0.4, 0.5) is 0 Å². The van der Waals surface area contributed by atoms with E-state index in [0.29, 0.717) is 13.2 Å². The molecule has 106 valence electrons. The van der Waals surface area contributed by atoms with Crippen molar-refractivity contribution in [2.45, 2.75) is 6.10 Å². The van der Waals surface area contributed by atoms with E-state index in [1.165, 1.54) is 12.0 Å². The van der Waals surface area contributed by atoms with Crippen molar-refractivity contribution in [1.29, 1.82) is 0 Å². The zero-order valence-corrected chi connectivity index (χ0v) is 10.4. The Morgan fingerprint density at radius 2 is 2.00 bits per heavy atom. The molecular weight excluding hydrogens is 244 g/mol. The highest BCUT2D eigenvalue weighted by atomic mass is 16.5. The monoisotopic (exact) mass is 264 g/mol. The molecule has 1 atom stereocenters. The molecule has 0 spiro atoms. The largest absolute Gasteiger partial charge is 0.480 e. The van der Waals surface area contributed by atoms with Gasteiger partial charge in [0.25, 0.3) is 0 Å². The molecule has 4 N–H and O–H groups in total. The van der Waals surface area contributed by atoms with Gasteiger partial charge in [0.15, 0.2) is 0 Å². The molecule has 8 heteroatoms. The van der Waals surface area contributed by atoms with Crippen LogP contribution in [-0.2, 0) is 19.1 Å². The summed E-state index contributed by atoms with van der Waals surface area (Å²) in [6.45, 7) is 0.203. The van der Waals surface area contributed by atoms with E-state index in [1.54, 1.807) is 0 Å². The molecule has 0 saturated heterocycles. The van der Waals surface area contributed by atoms with E-state index < -0.39 is 18.0 Å². The maximum atomic E-state index is 10.7. The van der Waals surface area contributed by atoms with Crippen molar-refractivity contribution in [3.05, 3.63) is 0 Å². The second-order valence-electron chi connectivity index (χ2n) is 3.75. The summed E-state index contributed by atoms with van der Waals surface area (Å²) in [5, 5.41) is 18.2. The summed E-state index contributed by atoms with van der Waals surface area (Å²) in [5.74, 6) is -1.74. The summed E-state index contributed by atoms with van der Waals surface area (Å²) in [7, 11) is 1.53. The number of amides is 1. The number of nitrogens with zero attached hydrogens (tertiary/aromatic N) is 1. The fourth-order valence-electron chi connectivity index (χ4n) is 1.31. The Balaban J connectivity index is 3.97. The number of ether oxygens (including phenoxy) is 2. The van der Waals surface area contributed by atoms with Crippen LogP contribution in [-0.4, -0.2) is 79.7 Å². The Bertz CT molecular complexity index is 245. The number of carboxylic acids is 1. The first-order chi connectivity index (χ1) is 8.45. The van der Waals surface area contributed by atoms with Crippen LogP contribution in [0.5, 0.6) is 0 Å². The molecule has 0 heterocycles. The van der Waals surface area contributed by atoms with Crippen LogP contribution in [0.2, 0.25) is 0 Å². The Hall–Kier alpha value is -1.22. The summed E-state index contributed by atoms with van der Waals surface area (Å²) < 4.78 is 9.84. The average molecular weight is 264 g/mol. The van der Waals surface area contributed by atoms with Crippen LogP contribution in [0.25, 0.3) is 0 Å². The molecule has 0 rings (SSSR count).